The van der Waals surface area contributed by atoms with Crippen molar-refractivity contribution < 1.29 is 4.79 Å². The van der Waals surface area contributed by atoms with Gasteiger partial charge < -0.3 is 5.32 Å². The van der Waals surface area contributed by atoms with E-state index in [-0.39, 0.29) is 0 Å². The maximum Gasteiger partial charge on any atom is 0.132 e. The van der Waals surface area contributed by atoms with E-state index in [1.165, 1.54) is 0 Å². The number of nitrogens with one attached hydrogen (secondary N) is 1. The van der Waals surface area contributed by atoms with E-state index in [0.717, 1.165) is 32.2 Å². The minimum Gasteiger partial charge on any atom is -0.320 e. The molecule has 0 unspecified atom stereocenters. The van der Waals surface area contributed by atoms with Gasteiger partial charge in [-0.15, -0.1) is 0 Å². The molecule has 0 atom stereocenters. The first-order chi connectivity index (χ1) is 4.81. The second-order valence-corrected chi connectivity index (χ2v) is 2.50. The molecule has 0 heterocycles. The number of Topliss-reactive ketones (excluding diaryl/α,β-unsaturated/α-hetero) is 1. The zero-order chi connectivity index (χ0) is 7.82. The number of ketones is 1. The Morgan fingerprint density at radius 3 is 2.60 bits per heavy atom. The Kier molecular flexibility index (Phi) is 6.50. The van der Waals surface area contributed by atoms with Crippen LogP contribution in [0.2, 0.25) is 0 Å². The Hall–Kier alpha value is -0.370. The smallest absolute Gasteiger partial charge is 0.132 e. The van der Waals surface area contributed by atoms with Gasteiger partial charge >= 0.3 is 0 Å². The lowest BCUT2D eigenvalue weighted by Gasteiger charge is -1.97. The predicted octanol–water partition coefficient (Wildman–Crippen LogP) is 1.36. The molecule has 0 aromatic heterocycles. The first kappa shape index (κ1) is 9.63. The van der Waals surface area contributed by atoms with Crippen molar-refractivity contribution in [2.45, 2.75) is 32.6 Å². The average Bonchev–Trinajstić information content (AvgIpc) is 1.89. The third-order valence-corrected chi connectivity index (χ3v) is 1.41. The number of carbonyl (C=O) groups excluding carboxylic acids is 1. The van der Waals surface area contributed by atoms with Crippen molar-refractivity contribution in [3.05, 3.63) is 0 Å². The van der Waals surface area contributed by atoms with Gasteiger partial charge in [-0.05, 0) is 26.4 Å². The summed E-state index contributed by atoms with van der Waals surface area (Å²) in [5, 5.41) is 3.01. The van der Waals surface area contributed by atoms with E-state index in [4.69, 9.17) is 0 Å². The van der Waals surface area contributed by atoms with Gasteiger partial charge in [0.25, 0.3) is 0 Å². The molecule has 0 saturated carbocycles. The summed E-state index contributed by atoms with van der Waals surface area (Å²) in [4.78, 5) is 10.9. The van der Waals surface area contributed by atoms with Crippen molar-refractivity contribution in [2.75, 3.05) is 13.6 Å². The van der Waals surface area contributed by atoms with Crippen molar-refractivity contribution >= 4 is 5.78 Å². The Morgan fingerprint density at radius 2 is 2.10 bits per heavy atom. The van der Waals surface area contributed by atoms with Crippen LogP contribution in [0.15, 0.2) is 0 Å². The van der Waals surface area contributed by atoms with Crippen LogP contribution in [-0.2, 0) is 4.79 Å². The summed E-state index contributed by atoms with van der Waals surface area (Å²) < 4.78 is 0. The topological polar surface area (TPSA) is 29.1 Å². The normalized spacial score (nSPS) is 9.80. The van der Waals surface area contributed by atoms with Gasteiger partial charge in [-0.2, -0.15) is 0 Å². The van der Waals surface area contributed by atoms with Gasteiger partial charge in [-0.3, -0.25) is 4.79 Å². The van der Waals surface area contributed by atoms with E-state index in [1.54, 1.807) is 0 Å². The fourth-order valence-corrected chi connectivity index (χ4v) is 0.866. The summed E-state index contributed by atoms with van der Waals surface area (Å²) in [6, 6.07) is 0. The van der Waals surface area contributed by atoms with Gasteiger partial charge in [0.2, 0.25) is 0 Å². The summed E-state index contributed by atoms with van der Waals surface area (Å²) >= 11 is 0. The van der Waals surface area contributed by atoms with Crippen LogP contribution in [0.3, 0.4) is 0 Å². The van der Waals surface area contributed by atoms with Gasteiger partial charge in [0.1, 0.15) is 5.78 Å². The molecule has 60 valence electrons. The fraction of sp³-hybridized carbons (Fsp3) is 0.875. The fourth-order valence-electron chi connectivity index (χ4n) is 0.866. The molecule has 0 aliphatic carbocycles. The Bertz CT molecular complexity index is 91.3. The lowest BCUT2D eigenvalue weighted by Crippen LogP contribution is -2.09. The SMILES string of the molecule is CCCC(=O)CCCNC. The summed E-state index contributed by atoms with van der Waals surface area (Å²) in [5.74, 6) is 0.401. The molecule has 0 fully saturated rings. The zero-order valence-corrected chi connectivity index (χ0v) is 6.94. The summed E-state index contributed by atoms with van der Waals surface area (Å²) in [7, 11) is 1.91. The van der Waals surface area contributed by atoms with Crippen LogP contribution in [0.5, 0.6) is 0 Å². The Labute approximate surface area is 63.0 Å². The van der Waals surface area contributed by atoms with Crippen molar-refractivity contribution in [2.24, 2.45) is 0 Å². The summed E-state index contributed by atoms with van der Waals surface area (Å²) in [5.41, 5.74) is 0. The van der Waals surface area contributed by atoms with Crippen molar-refractivity contribution in [1.82, 2.24) is 5.32 Å². The first-order valence-electron chi connectivity index (χ1n) is 3.97. The minimum atomic E-state index is 0.401. The van der Waals surface area contributed by atoms with Crippen LogP contribution >= 0.6 is 0 Å². The van der Waals surface area contributed by atoms with E-state index >= 15 is 0 Å². The second kappa shape index (κ2) is 6.75. The minimum absolute atomic E-state index is 0.401. The first-order valence-corrected chi connectivity index (χ1v) is 3.97. The van der Waals surface area contributed by atoms with E-state index in [0.29, 0.717) is 5.78 Å². The number of carbonyl (C=O) groups is 1. The van der Waals surface area contributed by atoms with Crippen LogP contribution in [0.25, 0.3) is 0 Å². The van der Waals surface area contributed by atoms with Crippen molar-refractivity contribution in [3.63, 3.8) is 0 Å². The van der Waals surface area contributed by atoms with E-state index in [9.17, 15) is 4.79 Å². The lowest BCUT2D eigenvalue weighted by atomic mass is 10.1. The van der Waals surface area contributed by atoms with Crippen molar-refractivity contribution in [3.8, 4) is 0 Å². The highest BCUT2D eigenvalue weighted by molar-refractivity contribution is 5.78. The molecule has 2 nitrogen and oxygen atoms in total. The lowest BCUT2D eigenvalue weighted by molar-refractivity contribution is -0.119. The molecule has 0 bridgehead atoms. The van der Waals surface area contributed by atoms with Crippen LogP contribution < -0.4 is 5.32 Å². The molecule has 1 N–H and O–H groups in total. The van der Waals surface area contributed by atoms with Crippen LogP contribution in [0, 0.1) is 0 Å². The molecule has 0 aromatic rings. The molecule has 0 saturated heterocycles. The maximum absolute atomic E-state index is 10.9. The molecule has 0 aliphatic rings. The van der Waals surface area contributed by atoms with Crippen LogP contribution in [0.4, 0.5) is 0 Å². The summed E-state index contributed by atoms with van der Waals surface area (Å²) in [6.07, 6.45) is 3.46. The quantitative estimate of drug-likeness (QED) is 0.569. The number of hydrogen-bond donors (Lipinski definition) is 1. The van der Waals surface area contributed by atoms with Gasteiger partial charge in [0, 0.05) is 12.8 Å². The van der Waals surface area contributed by atoms with E-state index in [2.05, 4.69) is 5.32 Å². The third kappa shape index (κ3) is 5.76. The molecule has 0 aromatic carbocycles. The molecule has 0 radical (unpaired) electrons. The third-order valence-electron chi connectivity index (χ3n) is 1.41. The largest absolute Gasteiger partial charge is 0.320 e. The highest BCUT2D eigenvalue weighted by Gasteiger charge is 1.97. The highest BCUT2D eigenvalue weighted by Crippen LogP contribution is 1.96. The van der Waals surface area contributed by atoms with Crippen LogP contribution in [0.1, 0.15) is 32.6 Å². The molecule has 0 rings (SSSR count). The molecule has 10 heavy (non-hydrogen) atoms. The van der Waals surface area contributed by atoms with E-state index < -0.39 is 0 Å². The maximum atomic E-state index is 10.9. The van der Waals surface area contributed by atoms with Gasteiger partial charge in [-0.25, -0.2) is 0 Å². The molecule has 0 aliphatic heterocycles. The Balaban J connectivity index is 3.05. The standard InChI is InChI=1S/C8H17NO/c1-3-5-8(10)6-4-7-9-2/h9H,3-7H2,1-2H3. The van der Waals surface area contributed by atoms with Gasteiger partial charge in [-0.1, -0.05) is 6.92 Å². The Morgan fingerprint density at radius 1 is 1.40 bits per heavy atom. The van der Waals surface area contributed by atoms with Crippen molar-refractivity contribution in [1.29, 1.82) is 0 Å². The van der Waals surface area contributed by atoms with E-state index in [1.807, 2.05) is 14.0 Å². The number of hydrogen-bond acceptors (Lipinski definition) is 2. The average molecular weight is 143 g/mol. The monoisotopic (exact) mass is 143 g/mol. The molecular formula is C8H17NO. The number of rotatable bonds is 6. The molecule has 0 spiro atoms. The summed E-state index contributed by atoms with van der Waals surface area (Å²) in [6.45, 7) is 2.99. The predicted molar refractivity (Wildman–Crippen MR) is 43.1 cm³/mol. The second-order valence-electron chi connectivity index (χ2n) is 2.50. The van der Waals surface area contributed by atoms with Gasteiger partial charge in [0.05, 0.1) is 0 Å². The molecule has 0 amide bonds. The molecular weight excluding hydrogens is 126 g/mol. The molecule has 2 heteroatoms. The highest BCUT2D eigenvalue weighted by atomic mass is 16.1. The van der Waals surface area contributed by atoms with Gasteiger partial charge in [0.15, 0.2) is 0 Å². The van der Waals surface area contributed by atoms with Crippen LogP contribution in [-0.4, -0.2) is 19.4 Å². The zero-order valence-electron chi connectivity index (χ0n) is 6.94.